The predicted octanol–water partition coefficient (Wildman–Crippen LogP) is 5.26. The zero-order valence-corrected chi connectivity index (χ0v) is 22.0. The number of rotatable bonds is 2. The largest absolute Gasteiger partial charge is 0.508 e. The normalized spacial score (nSPS) is 30.3. The minimum atomic E-state index is -0.513. The summed E-state index contributed by atoms with van der Waals surface area (Å²) in [6.45, 7) is 13.3. The van der Waals surface area contributed by atoms with Crippen molar-refractivity contribution in [2.75, 3.05) is 13.6 Å². The summed E-state index contributed by atoms with van der Waals surface area (Å²) in [6.07, 6.45) is 4.52. The van der Waals surface area contributed by atoms with Crippen LogP contribution in [0.3, 0.4) is 0 Å². The number of carbonyl (C=O) groups excluding carboxylic acids is 2. The van der Waals surface area contributed by atoms with Gasteiger partial charge in [0.05, 0.1) is 0 Å². The molecule has 1 heterocycles. The van der Waals surface area contributed by atoms with Crippen molar-refractivity contribution >= 4 is 12.0 Å². The lowest BCUT2D eigenvalue weighted by Crippen LogP contribution is -2.65. The maximum Gasteiger partial charge on any atom is 0.410 e. The molecular formula is C28H42N2O4. The van der Waals surface area contributed by atoms with Crippen LogP contribution in [0, 0.1) is 11.3 Å². The van der Waals surface area contributed by atoms with Crippen LogP contribution in [0.5, 0.6) is 5.75 Å². The number of hydrogen-bond donors (Lipinski definition) is 1. The molecule has 2 fully saturated rings. The summed E-state index contributed by atoms with van der Waals surface area (Å²) in [4.78, 5) is 30.1. The standard InChI is InChI=1S/C28H42N2O4/c1-26(2,3)34-25(33)29(7)19-13-11-18(12-14-19)24(32)30-16-15-28(6)21-9-8-10-22(31)20(21)17-23(30)27(28,4)5/h8-10,18-19,23,31H,11-17H2,1-7H3/t18-,19+,23-,28+/m1/s1. The molecule has 1 aromatic rings. The van der Waals surface area contributed by atoms with E-state index in [1.165, 1.54) is 5.56 Å². The molecule has 3 aliphatic rings. The number of phenolic OH excluding ortho intramolecular Hbond substituents is 1. The number of fused-ring (bicyclic) bond motifs is 4. The summed E-state index contributed by atoms with van der Waals surface area (Å²) < 4.78 is 5.53. The molecule has 6 nitrogen and oxygen atoms in total. The van der Waals surface area contributed by atoms with E-state index in [0.29, 0.717) is 12.2 Å². The molecule has 2 amide bonds. The maximum absolute atomic E-state index is 13.8. The average Bonchev–Trinajstić information content (AvgIpc) is 2.75. The number of likely N-dealkylation sites (tertiary alicyclic amines) is 1. The number of carbonyl (C=O) groups is 2. The second-order valence-electron chi connectivity index (χ2n) is 12.5. The van der Waals surface area contributed by atoms with Crippen molar-refractivity contribution in [3.05, 3.63) is 29.3 Å². The van der Waals surface area contributed by atoms with Crippen LogP contribution >= 0.6 is 0 Å². The van der Waals surface area contributed by atoms with E-state index in [2.05, 4.69) is 31.7 Å². The van der Waals surface area contributed by atoms with E-state index in [-0.39, 0.29) is 40.8 Å². The molecule has 1 aliphatic heterocycles. The van der Waals surface area contributed by atoms with Gasteiger partial charge in [-0.15, -0.1) is 0 Å². The van der Waals surface area contributed by atoms with Crippen molar-refractivity contribution in [2.45, 2.75) is 103 Å². The van der Waals surface area contributed by atoms with Crippen LogP contribution in [0.15, 0.2) is 18.2 Å². The van der Waals surface area contributed by atoms with Gasteiger partial charge in [0, 0.05) is 37.0 Å². The van der Waals surface area contributed by atoms with Crippen molar-refractivity contribution in [3.63, 3.8) is 0 Å². The van der Waals surface area contributed by atoms with Crippen molar-refractivity contribution in [3.8, 4) is 5.75 Å². The van der Waals surface area contributed by atoms with Crippen LogP contribution in [-0.2, 0) is 21.4 Å². The molecule has 4 rings (SSSR count). The average molecular weight is 471 g/mol. The molecule has 34 heavy (non-hydrogen) atoms. The second kappa shape index (κ2) is 8.46. The quantitative estimate of drug-likeness (QED) is 0.640. The van der Waals surface area contributed by atoms with E-state index in [1.807, 2.05) is 26.8 Å². The molecule has 2 bridgehead atoms. The highest BCUT2D eigenvalue weighted by atomic mass is 16.6. The second-order valence-corrected chi connectivity index (χ2v) is 12.5. The van der Waals surface area contributed by atoms with E-state index in [9.17, 15) is 14.7 Å². The summed E-state index contributed by atoms with van der Waals surface area (Å²) >= 11 is 0. The zero-order chi connectivity index (χ0) is 25.1. The fraction of sp³-hybridized carbons (Fsp3) is 0.714. The van der Waals surface area contributed by atoms with E-state index in [0.717, 1.165) is 44.2 Å². The molecule has 6 heteroatoms. The number of benzene rings is 1. The van der Waals surface area contributed by atoms with Gasteiger partial charge in [0.15, 0.2) is 0 Å². The molecule has 188 valence electrons. The Morgan fingerprint density at radius 3 is 2.38 bits per heavy atom. The molecule has 0 aromatic heterocycles. The monoisotopic (exact) mass is 470 g/mol. The number of hydrogen-bond acceptors (Lipinski definition) is 4. The summed E-state index contributed by atoms with van der Waals surface area (Å²) in [5.74, 6) is 0.593. The highest BCUT2D eigenvalue weighted by Gasteiger charge is 2.57. The number of piperidine rings is 1. The lowest BCUT2D eigenvalue weighted by molar-refractivity contribution is -0.149. The topological polar surface area (TPSA) is 70.1 Å². The third-order valence-electron chi connectivity index (χ3n) is 9.19. The first kappa shape index (κ1) is 24.9. The van der Waals surface area contributed by atoms with Crippen molar-refractivity contribution in [1.82, 2.24) is 9.80 Å². The van der Waals surface area contributed by atoms with E-state index < -0.39 is 5.60 Å². The Labute approximate surface area is 204 Å². The SMILES string of the molecule is CN(C(=O)OC(C)(C)C)[C@H]1CC[C@@H](C(=O)N2CC[C@@]3(C)c4cccc(O)c4C[C@@H]2C3(C)C)CC1. The van der Waals surface area contributed by atoms with Crippen LogP contribution in [-0.4, -0.2) is 58.2 Å². The lowest BCUT2D eigenvalue weighted by atomic mass is 9.51. The van der Waals surface area contributed by atoms with Crippen LogP contribution in [0.25, 0.3) is 0 Å². The van der Waals surface area contributed by atoms with Gasteiger partial charge < -0.3 is 19.6 Å². The van der Waals surface area contributed by atoms with Crippen molar-refractivity contribution in [2.24, 2.45) is 11.3 Å². The zero-order valence-electron chi connectivity index (χ0n) is 22.0. The Balaban J connectivity index is 1.46. The number of nitrogens with zero attached hydrogens (tertiary/aromatic N) is 2. The van der Waals surface area contributed by atoms with E-state index in [4.69, 9.17) is 4.74 Å². The van der Waals surface area contributed by atoms with Gasteiger partial charge >= 0.3 is 6.09 Å². The van der Waals surface area contributed by atoms with Gasteiger partial charge in [-0.2, -0.15) is 0 Å². The molecule has 0 radical (unpaired) electrons. The lowest BCUT2D eigenvalue weighted by Gasteiger charge is -2.61. The highest BCUT2D eigenvalue weighted by Crippen LogP contribution is 2.57. The summed E-state index contributed by atoms with van der Waals surface area (Å²) in [5, 5.41) is 10.6. The molecule has 0 unspecified atom stereocenters. The van der Waals surface area contributed by atoms with Gasteiger partial charge in [-0.25, -0.2) is 4.79 Å². The van der Waals surface area contributed by atoms with E-state index >= 15 is 0 Å². The Bertz CT molecular complexity index is 958. The molecule has 2 aliphatic carbocycles. The Morgan fingerprint density at radius 1 is 1.12 bits per heavy atom. The molecule has 0 spiro atoms. The summed E-state index contributed by atoms with van der Waals surface area (Å²) in [7, 11) is 1.81. The molecule has 1 N–H and O–H groups in total. The molecule has 1 saturated heterocycles. The number of phenols is 1. The van der Waals surface area contributed by atoms with E-state index in [1.54, 1.807) is 18.0 Å². The molecule has 1 aromatic carbocycles. The van der Waals surface area contributed by atoms with Crippen LogP contribution in [0.4, 0.5) is 4.79 Å². The van der Waals surface area contributed by atoms with Crippen molar-refractivity contribution in [1.29, 1.82) is 0 Å². The molecule has 2 atom stereocenters. The summed E-state index contributed by atoms with van der Waals surface area (Å²) in [6, 6.07) is 6.05. The smallest absolute Gasteiger partial charge is 0.410 e. The Morgan fingerprint density at radius 2 is 1.76 bits per heavy atom. The third kappa shape index (κ3) is 4.07. The van der Waals surface area contributed by atoms with Gasteiger partial charge in [-0.1, -0.05) is 32.9 Å². The van der Waals surface area contributed by atoms with Crippen molar-refractivity contribution < 1.29 is 19.4 Å². The highest BCUT2D eigenvalue weighted by molar-refractivity contribution is 5.80. The van der Waals surface area contributed by atoms with Gasteiger partial charge in [0.1, 0.15) is 11.4 Å². The summed E-state index contributed by atoms with van der Waals surface area (Å²) in [5.41, 5.74) is 1.58. The van der Waals surface area contributed by atoms with Crippen LogP contribution in [0.2, 0.25) is 0 Å². The van der Waals surface area contributed by atoms with Crippen LogP contribution in [0.1, 0.15) is 84.8 Å². The Kier molecular flexibility index (Phi) is 6.19. The van der Waals surface area contributed by atoms with Gasteiger partial charge in [-0.3, -0.25) is 4.79 Å². The number of amides is 2. The molecular weight excluding hydrogens is 428 g/mol. The third-order valence-corrected chi connectivity index (χ3v) is 9.19. The number of aromatic hydroxyl groups is 1. The predicted molar refractivity (Wildman–Crippen MR) is 133 cm³/mol. The van der Waals surface area contributed by atoms with Gasteiger partial charge in [0.25, 0.3) is 0 Å². The first-order valence-corrected chi connectivity index (χ1v) is 12.8. The Hall–Kier alpha value is -2.24. The first-order chi connectivity index (χ1) is 15.8. The minimum Gasteiger partial charge on any atom is -0.508 e. The number of ether oxygens (including phenoxy) is 1. The van der Waals surface area contributed by atoms with Gasteiger partial charge in [-0.05, 0) is 81.9 Å². The minimum absolute atomic E-state index is 0.00536. The first-order valence-electron chi connectivity index (χ1n) is 12.8. The molecule has 1 saturated carbocycles. The maximum atomic E-state index is 13.8. The van der Waals surface area contributed by atoms with Crippen LogP contribution < -0.4 is 0 Å². The van der Waals surface area contributed by atoms with Gasteiger partial charge in [0.2, 0.25) is 5.91 Å². The fourth-order valence-electron chi connectivity index (χ4n) is 6.62. The fourth-order valence-corrected chi connectivity index (χ4v) is 6.62.